The van der Waals surface area contributed by atoms with Gasteiger partial charge >= 0.3 is 0 Å². The van der Waals surface area contributed by atoms with Crippen LogP contribution in [0.5, 0.6) is 0 Å². The first kappa shape index (κ1) is 32.0. The van der Waals surface area contributed by atoms with E-state index in [0.29, 0.717) is 0 Å². The maximum Gasteiger partial charge on any atom is 0.197 e. The van der Waals surface area contributed by atoms with Gasteiger partial charge in [0.15, 0.2) is 8.32 Å². The normalized spacial score (nSPS) is 26.5. The van der Waals surface area contributed by atoms with Crippen molar-refractivity contribution in [2.45, 2.75) is 189 Å². The molecule has 0 aromatic rings. The molecule has 5 heteroatoms. The number of rotatable bonds is 3. The second-order valence-corrected chi connectivity index (χ2v) is 16.7. The van der Waals surface area contributed by atoms with Gasteiger partial charge in [-0.25, -0.2) is 0 Å². The predicted molar refractivity (Wildman–Crippen MR) is 147 cm³/mol. The number of aliphatic hydroxyl groups excluding tert-OH is 2. The first-order valence-corrected chi connectivity index (χ1v) is 17.9. The van der Waals surface area contributed by atoms with Crippen LogP contribution in [-0.2, 0) is 21.7 Å². The van der Waals surface area contributed by atoms with Crippen LogP contribution in [0.15, 0.2) is 0 Å². The van der Waals surface area contributed by atoms with Crippen LogP contribution < -0.4 is 0 Å². The second kappa shape index (κ2) is 18.2. The van der Waals surface area contributed by atoms with Crippen LogP contribution in [0, 0.1) is 0 Å². The molecule has 204 valence electrons. The van der Waals surface area contributed by atoms with Crippen molar-refractivity contribution in [2.75, 3.05) is 0 Å². The van der Waals surface area contributed by atoms with E-state index in [9.17, 15) is 4.80 Å². The van der Waals surface area contributed by atoms with E-state index in [-0.39, 0.29) is 33.9 Å². The largest absolute Gasteiger partial charge is 0.431 e. The second-order valence-electron chi connectivity index (χ2n) is 12.5. The van der Waals surface area contributed by atoms with Gasteiger partial charge in [0.1, 0.15) is 0 Å². The van der Waals surface area contributed by atoms with E-state index in [1.54, 1.807) is 0 Å². The fourth-order valence-corrected chi connectivity index (χ4v) is 13.9. The van der Waals surface area contributed by atoms with Crippen molar-refractivity contribution in [1.29, 1.82) is 0 Å². The fourth-order valence-electron chi connectivity index (χ4n) is 7.86. The van der Waals surface area contributed by atoms with Gasteiger partial charge < -0.3 is 15.0 Å². The molecule has 0 atom stereocenters. The SMILES string of the molecule is OC1CCCCC1.OC1CCCCC1.O[Si](C1CCCCC1)(C1CCCCC1)C1CCCCC1.[Ti]. The van der Waals surface area contributed by atoms with Crippen molar-refractivity contribution in [3.8, 4) is 0 Å². The summed E-state index contributed by atoms with van der Waals surface area (Å²) in [4.78, 5) is 12.0. The Morgan fingerprint density at radius 3 is 0.714 bits per heavy atom. The van der Waals surface area contributed by atoms with Crippen LogP contribution >= 0.6 is 0 Å². The third kappa shape index (κ3) is 10.8. The third-order valence-corrected chi connectivity index (χ3v) is 15.6. The van der Waals surface area contributed by atoms with E-state index < -0.39 is 8.32 Å². The molecule has 5 saturated carbocycles. The average Bonchev–Trinajstić information content (AvgIpc) is 2.91. The van der Waals surface area contributed by atoms with Gasteiger partial charge in [-0.3, -0.25) is 0 Å². The Hall–Kier alpha value is 0.811. The van der Waals surface area contributed by atoms with Crippen LogP contribution in [-0.4, -0.2) is 35.5 Å². The molecule has 0 spiro atoms. The summed E-state index contributed by atoms with van der Waals surface area (Å²) in [5.74, 6) is 0. The molecule has 0 heterocycles. The molecule has 5 aliphatic rings. The van der Waals surface area contributed by atoms with Crippen LogP contribution in [0.2, 0.25) is 16.6 Å². The predicted octanol–water partition coefficient (Wildman–Crippen LogP) is 8.55. The Morgan fingerprint density at radius 2 is 0.543 bits per heavy atom. The molecule has 0 amide bonds. The summed E-state index contributed by atoms with van der Waals surface area (Å²) < 4.78 is 0. The minimum absolute atomic E-state index is 0. The minimum Gasteiger partial charge on any atom is -0.431 e. The van der Waals surface area contributed by atoms with Gasteiger partial charge in [0.25, 0.3) is 0 Å². The van der Waals surface area contributed by atoms with Crippen LogP contribution in [0.1, 0.15) is 161 Å². The molecule has 0 aromatic heterocycles. The molecule has 35 heavy (non-hydrogen) atoms. The Morgan fingerprint density at radius 1 is 0.343 bits per heavy atom. The van der Waals surface area contributed by atoms with Gasteiger partial charge in [-0.2, -0.15) is 0 Å². The van der Waals surface area contributed by atoms with Gasteiger partial charge in [0.2, 0.25) is 0 Å². The minimum atomic E-state index is -2.05. The molecular weight excluding hydrogens is 484 g/mol. The summed E-state index contributed by atoms with van der Waals surface area (Å²) in [5, 5.41) is 17.8. The zero-order chi connectivity index (χ0) is 24.1. The maximum absolute atomic E-state index is 12.0. The van der Waals surface area contributed by atoms with Crippen molar-refractivity contribution < 1.29 is 36.7 Å². The summed E-state index contributed by atoms with van der Waals surface area (Å²) in [7, 11) is -2.05. The summed E-state index contributed by atoms with van der Waals surface area (Å²) in [5.41, 5.74) is 2.30. The van der Waals surface area contributed by atoms with E-state index >= 15 is 0 Å². The first-order valence-electron chi connectivity index (χ1n) is 15.7. The van der Waals surface area contributed by atoms with Crippen molar-refractivity contribution in [3.63, 3.8) is 0 Å². The molecule has 0 unspecified atom stereocenters. The summed E-state index contributed by atoms with van der Waals surface area (Å²) in [6.07, 6.45) is 32.8. The molecule has 3 nitrogen and oxygen atoms in total. The van der Waals surface area contributed by atoms with Crippen molar-refractivity contribution in [2.24, 2.45) is 0 Å². The van der Waals surface area contributed by atoms with Crippen molar-refractivity contribution in [3.05, 3.63) is 0 Å². The van der Waals surface area contributed by atoms with E-state index in [1.807, 2.05) is 0 Å². The first-order chi connectivity index (χ1) is 16.6. The van der Waals surface area contributed by atoms with E-state index in [1.165, 1.54) is 135 Å². The Labute approximate surface area is 233 Å². The van der Waals surface area contributed by atoms with Crippen LogP contribution in [0.25, 0.3) is 0 Å². The molecule has 0 aliphatic heterocycles. The van der Waals surface area contributed by atoms with Gasteiger partial charge in [0, 0.05) is 21.7 Å². The molecule has 5 fully saturated rings. The van der Waals surface area contributed by atoms with Gasteiger partial charge in [-0.1, -0.05) is 135 Å². The van der Waals surface area contributed by atoms with E-state index in [4.69, 9.17) is 10.2 Å². The molecule has 5 rings (SSSR count). The third-order valence-electron chi connectivity index (χ3n) is 9.93. The Kier molecular flexibility index (Phi) is 16.6. The molecule has 3 N–H and O–H groups in total. The Balaban J connectivity index is 0.000000236. The van der Waals surface area contributed by atoms with E-state index in [0.717, 1.165) is 42.3 Å². The molecule has 5 aliphatic carbocycles. The summed E-state index contributed by atoms with van der Waals surface area (Å²) in [6, 6.07) is 0. The standard InChI is InChI=1S/C18H34OSi.2C6H12O.Ti/c19-20(16-10-4-1-5-11-16,17-12-6-2-7-13-17)18-14-8-3-9-15-18;2*7-6-4-2-1-3-5-6;/h16-19H,1-15H2;2*6-7H,1-5H2;. The number of hydrogen-bond acceptors (Lipinski definition) is 3. The van der Waals surface area contributed by atoms with Gasteiger partial charge in [0.05, 0.1) is 12.2 Å². The topological polar surface area (TPSA) is 60.7 Å². The molecular formula is C30H58O3SiTi. The smallest absolute Gasteiger partial charge is 0.197 e. The van der Waals surface area contributed by atoms with E-state index in [2.05, 4.69) is 0 Å². The van der Waals surface area contributed by atoms with Gasteiger partial charge in [-0.05, 0) is 42.3 Å². The summed E-state index contributed by atoms with van der Waals surface area (Å²) >= 11 is 0. The van der Waals surface area contributed by atoms with Crippen LogP contribution in [0.3, 0.4) is 0 Å². The zero-order valence-corrected chi connectivity index (χ0v) is 25.5. The number of aliphatic hydroxyl groups is 2. The zero-order valence-electron chi connectivity index (χ0n) is 22.9. The number of hydrogen-bond donors (Lipinski definition) is 3. The summed E-state index contributed by atoms with van der Waals surface area (Å²) in [6.45, 7) is 0. The molecule has 0 aromatic carbocycles. The average molecular weight is 543 g/mol. The maximum atomic E-state index is 12.0. The van der Waals surface area contributed by atoms with Crippen molar-refractivity contribution in [1.82, 2.24) is 0 Å². The van der Waals surface area contributed by atoms with Gasteiger partial charge in [-0.15, -0.1) is 0 Å². The monoisotopic (exact) mass is 542 g/mol. The Bertz CT molecular complexity index is 442. The molecule has 0 saturated heterocycles. The molecule has 0 radical (unpaired) electrons. The quantitative estimate of drug-likeness (QED) is 0.313. The van der Waals surface area contributed by atoms with Crippen LogP contribution in [0.4, 0.5) is 0 Å². The fraction of sp³-hybridized carbons (Fsp3) is 1.00. The molecule has 0 bridgehead atoms. The van der Waals surface area contributed by atoms with Crippen molar-refractivity contribution >= 4 is 8.32 Å².